The maximum absolute atomic E-state index is 14.1. The quantitative estimate of drug-likeness (QED) is 0.358. The molecule has 0 bridgehead atoms. The van der Waals surface area contributed by atoms with E-state index in [-0.39, 0.29) is 16.4 Å². The third kappa shape index (κ3) is 3.85. The zero-order valence-electron chi connectivity index (χ0n) is 17.3. The Balaban J connectivity index is 2.40. The standard InChI is InChI=1S/C23H26F3NO2/c1-21(2)8-9-22(3,4)19-12-17(23(24,25)26)15(11-18(19)21)16-10-14(13-27-28)6-7-20(16)29-5/h6-7,10-13,28H,8-9H2,1-5H3. The van der Waals surface area contributed by atoms with Crippen molar-refractivity contribution in [2.24, 2.45) is 5.16 Å². The molecule has 0 atom stereocenters. The number of hydrogen-bond donors (Lipinski definition) is 1. The lowest BCUT2D eigenvalue weighted by atomic mass is 9.62. The van der Waals surface area contributed by atoms with Crippen molar-refractivity contribution in [2.45, 2.75) is 57.5 Å². The fourth-order valence-electron chi connectivity index (χ4n) is 4.15. The Kier molecular flexibility index (Phi) is 5.18. The molecule has 3 nitrogen and oxygen atoms in total. The number of halogens is 3. The van der Waals surface area contributed by atoms with E-state index >= 15 is 0 Å². The van der Waals surface area contributed by atoms with Gasteiger partial charge in [0.1, 0.15) is 5.75 Å². The molecule has 0 spiro atoms. The smallest absolute Gasteiger partial charge is 0.417 e. The van der Waals surface area contributed by atoms with Crippen molar-refractivity contribution in [3.8, 4) is 16.9 Å². The van der Waals surface area contributed by atoms with Crippen LogP contribution in [0.2, 0.25) is 0 Å². The second kappa shape index (κ2) is 7.08. The summed E-state index contributed by atoms with van der Waals surface area (Å²) in [6, 6.07) is 7.76. The third-order valence-corrected chi connectivity index (χ3v) is 6.02. The summed E-state index contributed by atoms with van der Waals surface area (Å²) >= 11 is 0. The molecule has 0 aliphatic heterocycles. The molecule has 0 saturated heterocycles. The highest BCUT2D eigenvalue weighted by Gasteiger charge is 2.42. The monoisotopic (exact) mass is 405 g/mol. The molecule has 0 amide bonds. The van der Waals surface area contributed by atoms with Crippen LogP contribution >= 0.6 is 0 Å². The number of nitrogens with zero attached hydrogens (tertiary/aromatic N) is 1. The molecule has 0 fully saturated rings. The van der Waals surface area contributed by atoms with Crippen molar-refractivity contribution >= 4 is 6.21 Å². The summed E-state index contributed by atoms with van der Waals surface area (Å²) in [5.41, 5.74) is 1.30. The van der Waals surface area contributed by atoms with Crippen LogP contribution in [0.3, 0.4) is 0 Å². The minimum absolute atomic E-state index is 0.0760. The van der Waals surface area contributed by atoms with Crippen molar-refractivity contribution in [3.05, 3.63) is 52.6 Å². The van der Waals surface area contributed by atoms with Gasteiger partial charge in [0, 0.05) is 5.56 Å². The van der Waals surface area contributed by atoms with Gasteiger partial charge >= 0.3 is 6.18 Å². The molecule has 0 unspecified atom stereocenters. The molecule has 0 heterocycles. The molecule has 1 aliphatic rings. The molecule has 1 N–H and O–H groups in total. The SMILES string of the molecule is COc1ccc(C=NO)cc1-c1cc2c(cc1C(F)(F)F)C(C)(C)CCC2(C)C. The minimum atomic E-state index is -4.52. The Morgan fingerprint density at radius 2 is 1.55 bits per heavy atom. The molecule has 2 aromatic rings. The summed E-state index contributed by atoms with van der Waals surface area (Å²) in [5.74, 6) is 0.332. The van der Waals surface area contributed by atoms with Crippen LogP contribution in [0.1, 0.15) is 62.8 Å². The van der Waals surface area contributed by atoms with Crippen LogP contribution in [-0.4, -0.2) is 18.5 Å². The van der Waals surface area contributed by atoms with E-state index in [1.165, 1.54) is 19.4 Å². The molecular formula is C23H26F3NO2. The van der Waals surface area contributed by atoms with Crippen LogP contribution in [0.4, 0.5) is 13.2 Å². The summed E-state index contributed by atoms with van der Waals surface area (Å²) in [7, 11) is 1.43. The van der Waals surface area contributed by atoms with E-state index in [9.17, 15) is 13.2 Å². The van der Waals surface area contributed by atoms with Crippen molar-refractivity contribution in [2.75, 3.05) is 7.11 Å². The number of hydrogen-bond acceptors (Lipinski definition) is 3. The maximum atomic E-state index is 14.1. The van der Waals surface area contributed by atoms with Crippen molar-refractivity contribution in [1.29, 1.82) is 0 Å². The zero-order chi connectivity index (χ0) is 21.6. The van der Waals surface area contributed by atoms with Crippen LogP contribution in [0.5, 0.6) is 5.75 Å². The summed E-state index contributed by atoms with van der Waals surface area (Å²) in [6.45, 7) is 8.15. The highest BCUT2D eigenvalue weighted by molar-refractivity contribution is 5.85. The van der Waals surface area contributed by atoms with E-state index in [0.717, 1.165) is 24.0 Å². The molecule has 2 aromatic carbocycles. The molecule has 3 rings (SSSR count). The summed E-state index contributed by atoms with van der Waals surface area (Å²) in [4.78, 5) is 0. The number of oxime groups is 1. The fourth-order valence-corrected chi connectivity index (χ4v) is 4.15. The van der Waals surface area contributed by atoms with Gasteiger partial charge < -0.3 is 9.94 Å². The summed E-state index contributed by atoms with van der Waals surface area (Å²) < 4.78 is 47.7. The van der Waals surface area contributed by atoms with Crippen molar-refractivity contribution in [1.82, 2.24) is 0 Å². The molecule has 6 heteroatoms. The Bertz CT molecular complexity index is 959. The van der Waals surface area contributed by atoms with Gasteiger partial charge in [-0.3, -0.25) is 0 Å². The van der Waals surface area contributed by atoms with E-state index in [1.54, 1.807) is 24.3 Å². The number of rotatable bonds is 3. The van der Waals surface area contributed by atoms with Crippen LogP contribution in [-0.2, 0) is 17.0 Å². The van der Waals surface area contributed by atoms with E-state index in [0.29, 0.717) is 16.9 Å². The average molecular weight is 405 g/mol. The van der Waals surface area contributed by atoms with Gasteiger partial charge in [-0.15, -0.1) is 0 Å². The summed E-state index contributed by atoms with van der Waals surface area (Å²) in [5, 5.41) is 11.8. The van der Waals surface area contributed by atoms with Crippen LogP contribution < -0.4 is 4.74 Å². The minimum Gasteiger partial charge on any atom is -0.496 e. The topological polar surface area (TPSA) is 41.8 Å². The lowest BCUT2D eigenvalue weighted by Gasteiger charge is -2.42. The normalized spacial score (nSPS) is 17.9. The van der Waals surface area contributed by atoms with Gasteiger partial charge in [0.15, 0.2) is 0 Å². The highest BCUT2D eigenvalue weighted by Crippen LogP contribution is 2.50. The van der Waals surface area contributed by atoms with E-state index in [2.05, 4.69) is 19.0 Å². The molecule has 156 valence electrons. The Morgan fingerprint density at radius 1 is 0.966 bits per heavy atom. The average Bonchev–Trinajstić information content (AvgIpc) is 2.64. The van der Waals surface area contributed by atoms with Gasteiger partial charge in [-0.25, -0.2) is 0 Å². The molecule has 0 saturated carbocycles. The van der Waals surface area contributed by atoms with Crippen molar-refractivity contribution in [3.63, 3.8) is 0 Å². The molecule has 1 aliphatic carbocycles. The third-order valence-electron chi connectivity index (χ3n) is 6.02. The van der Waals surface area contributed by atoms with E-state index in [4.69, 9.17) is 9.94 Å². The van der Waals surface area contributed by atoms with Gasteiger partial charge in [0.2, 0.25) is 0 Å². The van der Waals surface area contributed by atoms with Gasteiger partial charge in [0.05, 0.1) is 18.9 Å². The maximum Gasteiger partial charge on any atom is 0.417 e. The predicted molar refractivity (Wildman–Crippen MR) is 108 cm³/mol. The lowest BCUT2D eigenvalue weighted by Crippen LogP contribution is -2.34. The van der Waals surface area contributed by atoms with Crippen LogP contribution in [0.15, 0.2) is 35.5 Å². The first-order valence-corrected chi connectivity index (χ1v) is 9.53. The Morgan fingerprint density at radius 3 is 2.07 bits per heavy atom. The van der Waals surface area contributed by atoms with Gasteiger partial charge in [-0.1, -0.05) is 32.9 Å². The number of alkyl halides is 3. The summed E-state index contributed by atoms with van der Waals surface area (Å²) in [6.07, 6.45) is -1.61. The first-order chi connectivity index (χ1) is 13.4. The molecule has 0 radical (unpaired) electrons. The molecule has 29 heavy (non-hydrogen) atoms. The van der Waals surface area contributed by atoms with E-state index in [1.807, 2.05) is 13.8 Å². The number of benzene rings is 2. The highest BCUT2D eigenvalue weighted by atomic mass is 19.4. The van der Waals surface area contributed by atoms with Gasteiger partial charge in [-0.2, -0.15) is 13.2 Å². The second-order valence-electron chi connectivity index (χ2n) is 8.91. The second-order valence-corrected chi connectivity index (χ2v) is 8.91. The fraction of sp³-hybridized carbons (Fsp3) is 0.435. The predicted octanol–water partition coefficient (Wildman–Crippen LogP) is 6.54. The first-order valence-electron chi connectivity index (χ1n) is 9.53. The lowest BCUT2D eigenvalue weighted by molar-refractivity contribution is -0.137. The van der Waals surface area contributed by atoms with Crippen LogP contribution in [0, 0.1) is 0 Å². The Hall–Kier alpha value is -2.50. The number of fused-ring (bicyclic) bond motifs is 1. The first kappa shape index (κ1) is 21.2. The van der Waals surface area contributed by atoms with E-state index < -0.39 is 11.7 Å². The Labute approximate surface area is 169 Å². The van der Waals surface area contributed by atoms with Crippen LogP contribution in [0.25, 0.3) is 11.1 Å². The number of methoxy groups -OCH3 is 1. The molecular weight excluding hydrogens is 379 g/mol. The van der Waals surface area contributed by atoms with Gasteiger partial charge in [-0.05, 0) is 76.3 Å². The molecule has 0 aromatic heterocycles. The number of ether oxygens (including phenoxy) is 1. The van der Waals surface area contributed by atoms with Crippen molar-refractivity contribution < 1.29 is 23.1 Å². The van der Waals surface area contributed by atoms with Gasteiger partial charge in [0.25, 0.3) is 0 Å². The largest absolute Gasteiger partial charge is 0.496 e. The zero-order valence-corrected chi connectivity index (χ0v) is 17.3.